The number of carbonyl (C=O) groups is 1. The van der Waals surface area contributed by atoms with Gasteiger partial charge in [0.25, 0.3) is 5.91 Å². The number of hydrogen-bond acceptors (Lipinski definition) is 3. The molecule has 20 heavy (non-hydrogen) atoms. The summed E-state index contributed by atoms with van der Waals surface area (Å²) in [6.07, 6.45) is 0. The molecule has 0 unspecified atom stereocenters. The lowest BCUT2D eigenvalue weighted by atomic mass is 10.1. The number of phenols is 1. The molecule has 0 bridgehead atoms. The number of benzene rings is 2. The van der Waals surface area contributed by atoms with Gasteiger partial charge < -0.3 is 15.7 Å². The van der Waals surface area contributed by atoms with Crippen molar-refractivity contribution in [2.75, 3.05) is 12.8 Å². The highest BCUT2D eigenvalue weighted by molar-refractivity contribution is 6.30. The zero-order chi connectivity index (χ0) is 14.7. The van der Waals surface area contributed by atoms with Crippen molar-refractivity contribution in [2.24, 2.45) is 0 Å². The Morgan fingerprint density at radius 3 is 2.55 bits per heavy atom. The number of phenolic OH excluding ortho intramolecular Hbond substituents is 1. The van der Waals surface area contributed by atoms with Gasteiger partial charge in [0.15, 0.2) is 0 Å². The Morgan fingerprint density at radius 1 is 1.25 bits per heavy atom. The van der Waals surface area contributed by atoms with Gasteiger partial charge in [-0.25, -0.2) is 0 Å². The highest BCUT2D eigenvalue weighted by Gasteiger charge is 2.15. The number of nitrogens with zero attached hydrogens (tertiary/aromatic N) is 1. The molecule has 2 aromatic carbocycles. The van der Waals surface area contributed by atoms with E-state index in [1.165, 1.54) is 23.1 Å². The van der Waals surface area contributed by atoms with Crippen LogP contribution < -0.4 is 5.73 Å². The number of anilines is 1. The van der Waals surface area contributed by atoms with Crippen molar-refractivity contribution in [1.82, 2.24) is 4.90 Å². The summed E-state index contributed by atoms with van der Waals surface area (Å²) < 4.78 is 0. The van der Waals surface area contributed by atoms with E-state index in [1.54, 1.807) is 19.2 Å². The molecule has 5 heteroatoms. The number of amides is 1. The van der Waals surface area contributed by atoms with Gasteiger partial charge in [-0.1, -0.05) is 23.7 Å². The van der Waals surface area contributed by atoms with E-state index in [0.717, 1.165) is 5.56 Å². The Hall–Kier alpha value is -2.20. The third kappa shape index (κ3) is 3.22. The van der Waals surface area contributed by atoms with E-state index in [2.05, 4.69) is 0 Å². The summed E-state index contributed by atoms with van der Waals surface area (Å²) in [7, 11) is 1.68. The molecule has 0 fully saturated rings. The fourth-order valence-corrected chi connectivity index (χ4v) is 2.00. The number of hydrogen-bond donors (Lipinski definition) is 2. The molecule has 0 atom stereocenters. The van der Waals surface area contributed by atoms with Crippen molar-refractivity contribution < 1.29 is 9.90 Å². The van der Waals surface area contributed by atoms with Crippen molar-refractivity contribution in [3.8, 4) is 5.75 Å². The first kappa shape index (κ1) is 14.2. The van der Waals surface area contributed by atoms with Gasteiger partial charge in [-0.15, -0.1) is 0 Å². The van der Waals surface area contributed by atoms with Crippen LogP contribution in [0.5, 0.6) is 5.75 Å². The van der Waals surface area contributed by atoms with Crippen LogP contribution in [0.4, 0.5) is 5.69 Å². The average Bonchev–Trinajstić information content (AvgIpc) is 2.43. The second-order valence-corrected chi connectivity index (χ2v) is 5.00. The summed E-state index contributed by atoms with van der Waals surface area (Å²) in [5, 5.41) is 10.1. The zero-order valence-electron chi connectivity index (χ0n) is 11.0. The summed E-state index contributed by atoms with van der Waals surface area (Å²) in [5.41, 5.74) is 7.36. The predicted molar refractivity (Wildman–Crippen MR) is 79.8 cm³/mol. The maximum Gasteiger partial charge on any atom is 0.256 e. The van der Waals surface area contributed by atoms with E-state index >= 15 is 0 Å². The average molecular weight is 291 g/mol. The first-order valence-electron chi connectivity index (χ1n) is 6.06. The van der Waals surface area contributed by atoms with Crippen LogP contribution in [0, 0.1) is 0 Å². The van der Waals surface area contributed by atoms with Crippen LogP contribution in [0.3, 0.4) is 0 Å². The van der Waals surface area contributed by atoms with E-state index in [1.807, 2.05) is 12.1 Å². The fraction of sp³-hybridized carbons (Fsp3) is 0.133. The summed E-state index contributed by atoms with van der Waals surface area (Å²) in [6.45, 7) is 0.436. The Kier molecular flexibility index (Phi) is 4.15. The Morgan fingerprint density at radius 2 is 1.90 bits per heavy atom. The lowest BCUT2D eigenvalue weighted by molar-refractivity contribution is 0.0785. The van der Waals surface area contributed by atoms with Crippen molar-refractivity contribution in [3.05, 3.63) is 58.6 Å². The molecule has 0 aliphatic heterocycles. The minimum absolute atomic E-state index is 0.0162. The number of carbonyl (C=O) groups excluding carboxylic acids is 1. The second-order valence-electron chi connectivity index (χ2n) is 4.56. The van der Waals surface area contributed by atoms with Crippen molar-refractivity contribution >= 4 is 23.2 Å². The highest BCUT2D eigenvalue weighted by atomic mass is 35.5. The number of aromatic hydroxyl groups is 1. The molecule has 0 aliphatic carbocycles. The van der Waals surface area contributed by atoms with Gasteiger partial charge in [-0.2, -0.15) is 0 Å². The molecule has 0 spiro atoms. The first-order chi connectivity index (χ1) is 9.47. The number of nitrogen functional groups attached to an aromatic ring is 1. The van der Waals surface area contributed by atoms with Gasteiger partial charge in [-0.3, -0.25) is 4.79 Å². The normalized spacial score (nSPS) is 10.3. The molecule has 0 saturated carbocycles. The SMILES string of the molecule is CN(Cc1ccc(Cl)cc1)C(=O)c1cc(O)ccc1N. The van der Waals surface area contributed by atoms with Gasteiger partial charge in [-0.05, 0) is 35.9 Å². The van der Waals surface area contributed by atoms with Crippen LogP contribution >= 0.6 is 11.6 Å². The van der Waals surface area contributed by atoms with E-state index in [4.69, 9.17) is 17.3 Å². The van der Waals surface area contributed by atoms with E-state index in [-0.39, 0.29) is 11.7 Å². The smallest absolute Gasteiger partial charge is 0.256 e. The number of nitrogens with two attached hydrogens (primary N) is 1. The monoisotopic (exact) mass is 290 g/mol. The second kappa shape index (κ2) is 5.84. The molecule has 104 valence electrons. The molecule has 2 aromatic rings. The van der Waals surface area contributed by atoms with E-state index in [9.17, 15) is 9.90 Å². The van der Waals surface area contributed by atoms with Gasteiger partial charge in [0.1, 0.15) is 5.75 Å². The fourth-order valence-electron chi connectivity index (χ4n) is 1.87. The third-order valence-corrected chi connectivity index (χ3v) is 3.20. The maximum absolute atomic E-state index is 12.3. The quantitative estimate of drug-likeness (QED) is 0.675. The molecule has 0 radical (unpaired) electrons. The largest absolute Gasteiger partial charge is 0.508 e. The van der Waals surface area contributed by atoms with Gasteiger partial charge in [0.2, 0.25) is 0 Å². The lowest BCUT2D eigenvalue weighted by Gasteiger charge is -2.18. The van der Waals surface area contributed by atoms with Crippen molar-refractivity contribution in [3.63, 3.8) is 0 Å². The van der Waals surface area contributed by atoms with Gasteiger partial charge >= 0.3 is 0 Å². The van der Waals surface area contributed by atoms with Gasteiger partial charge in [0, 0.05) is 24.3 Å². The molecule has 1 amide bonds. The summed E-state index contributed by atoms with van der Waals surface area (Å²) >= 11 is 5.82. The van der Waals surface area contributed by atoms with Crippen LogP contribution in [0.2, 0.25) is 5.02 Å². The maximum atomic E-state index is 12.3. The third-order valence-electron chi connectivity index (χ3n) is 2.95. The highest BCUT2D eigenvalue weighted by Crippen LogP contribution is 2.20. The van der Waals surface area contributed by atoms with Gasteiger partial charge in [0.05, 0.1) is 5.56 Å². The molecule has 0 heterocycles. The molecule has 0 aliphatic rings. The Labute approximate surface area is 122 Å². The zero-order valence-corrected chi connectivity index (χ0v) is 11.8. The Balaban J connectivity index is 2.16. The topological polar surface area (TPSA) is 66.6 Å². The minimum atomic E-state index is -0.242. The van der Waals surface area contributed by atoms with E-state index in [0.29, 0.717) is 22.8 Å². The van der Waals surface area contributed by atoms with Crippen LogP contribution in [-0.2, 0) is 6.54 Å². The molecule has 4 nitrogen and oxygen atoms in total. The molecule has 3 N–H and O–H groups in total. The van der Waals surface area contributed by atoms with Crippen molar-refractivity contribution in [1.29, 1.82) is 0 Å². The summed E-state index contributed by atoms with van der Waals surface area (Å²) in [6, 6.07) is 11.6. The first-order valence-corrected chi connectivity index (χ1v) is 6.43. The summed E-state index contributed by atoms with van der Waals surface area (Å²) in [4.78, 5) is 13.8. The van der Waals surface area contributed by atoms with Crippen LogP contribution in [-0.4, -0.2) is 23.0 Å². The number of rotatable bonds is 3. The minimum Gasteiger partial charge on any atom is -0.508 e. The molecule has 0 aromatic heterocycles. The molecular formula is C15H15ClN2O2. The molecular weight excluding hydrogens is 276 g/mol. The van der Waals surface area contributed by atoms with Crippen molar-refractivity contribution in [2.45, 2.75) is 6.54 Å². The molecule has 0 saturated heterocycles. The number of halogens is 1. The molecule has 2 rings (SSSR count). The lowest BCUT2D eigenvalue weighted by Crippen LogP contribution is -2.26. The predicted octanol–water partition coefficient (Wildman–Crippen LogP) is 2.90. The van der Waals surface area contributed by atoms with Crippen LogP contribution in [0.1, 0.15) is 15.9 Å². The van der Waals surface area contributed by atoms with E-state index < -0.39 is 0 Å². The van der Waals surface area contributed by atoms with Crippen LogP contribution in [0.15, 0.2) is 42.5 Å². The Bertz CT molecular complexity index is 626. The summed E-state index contributed by atoms with van der Waals surface area (Å²) in [5.74, 6) is -0.226. The standard InChI is InChI=1S/C15H15ClN2O2/c1-18(9-10-2-4-11(16)5-3-10)15(20)13-8-12(19)6-7-14(13)17/h2-8,19H,9,17H2,1H3. The van der Waals surface area contributed by atoms with Crippen LogP contribution in [0.25, 0.3) is 0 Å².